The van der Waals surface area contributed by atoms with Gasteiger partial charge in [-0.15, -0.1) is 0 Å². The highest BCUT2D eigenvalue weighted by atomic mass is 19.1. The zero-order valence-corrected chi connectivity index (χ0v) is 12.4. The summed E-state index contributed by atoms with van der Waals surface area (Å²) in [4.78, 5) is 20.9. The zero-order valence-electron chi connectivity index (χ0n) is 12.4. The fourth-order valence-corrected chi connectivity index (χ4v) is 2.56. The molecule has 2 heterocycles. The number of hydrogen-bond donors (Lipinski definition) is 0. The number of halogens is 1. The highest BCUT2D eigenvalue weighted by molar-refractivity contribution is 6.14. The summed E-state index contributed by atoms with van der Waals surface area (Å²) in [5.41, 5.74) is 1.42. The van der Waals surface area contributed by atoms with E-state index in [0.717, 1.165) is 5.69 Å². The molecule has 0 spiro atoms. The van der Waals surface area contributed by atoms with Gasteiger partial charge >= 0.3 is 0 Å². The Bertz CT molecular complexity index is 1040. The van der Waals surface area contributed by atoms with Crippen molar-refractivity contribution in [2.24, 2.45) is 0 Å². The molecule has 0 saturated carbocycles. The number of rotatable bonds is 3. The number of hydrogen-bond acceptors (Lipinski definition) is 4. The Labute approximate surface area is 136 Å². The third kappa shape index (κ3) is 2.25. The molecule has 2 aromatic heterocycles. The summed E-state index contributed by atoms with van der Waals surface area (Å²) in [5, 5.41) is 4.77. The summed E-state index contributed by atoms with van der Waals surface area (Å²) < 4.78 is 15.5. The molecule has 4 aromatic rings. The number of nitrogens with zero attached hydrogens (tertiary/aromatic N) is 4. The molecule has 0 aliphatic heterocycles. The van der Waals surface area contributed by atoms with Crippen LogP contribution in [0.1, 0.15) is 16.1 Å². The number of carbonyl (C=O) groups excluding carboxylic acids is 1. The van der Waals surface area contributed by atoms with Crippen LogP contribution in [-0.4, -0.2) is 25.5 Å². The van der Waals surface area contributed by atoms with Gasteiger partial charge in [-0.25, -0.2) is 19.0 Å². The lowest BCUT2D eigenvalue weighted by molar-refractivity contribution is 0.103. The molecule has 0 unspecified atom stereocenters. The first-order valence-corrected chi connectivity index (χ1v) is 7.29. The molecule has 24 heavy (non-hydrogen) atoms. The van der Waals surface area contributed by atoms with Gasteiger partial charge in [0.2, 0.25) is 5.78 Å². The Hall–Kier alpha value is -3.41. The van der Waals surface area contributed by atoms with Crippen molar-refractivity contribution in [3.05, 3.63) is 84.2 Å². The topological polar surface area (TPSA) is 60.7 Å². The van der Waals surface area contributed by atoms with Crippen LogP contribution in [0.25, 0.3) is 16.7 Å². The summed E-state index contributed by atoms with van der Waals surface area (Å²) >= 11 is 0. The first-order valence-electron chi connectivity index (χ1n) is 7.29. The monoisotopic (exact) mass is 318 g/mol. The van der Waals surface area contributed by atoms with Gasteiger partial charge in [-0.05, 0) is 24.3 Å². The second-order valence-electron chi connectivity index (χ2n) is 5.16. The predicted molar refractivity (Wildman–Crippen MR) is 86.5 cm³/mol. The van der Waals surface area contributed by atoms with Crippen molar-refractivity contribution in [3.63, 3.8) is 0 Å². The molecule has 0 aliphatic rings. The van der Waals surface area contributed by atoms with E-state index in [4.69, 9.17) is 0 Å². The van der Waals surface area contributed by atoms with Gasteiger partial charge in [-0.3, -0.25) is 4.79 Å². The average molecular weight is 318 g/mol. The Morgan fingerprint density at radius 2 is 1.71 bits per heavy atom. The van der Waals surface area contributed by atoms with E-state index in [9.17, 15) is 9.18 Å². The number of carbonyl (C=O) groups is 1. The van der Waals surface area contributed by atoms with Gasteiger partial charge in [0.05, 0.1) is 22.8 Å². The van der Waals surface area contributed by atoms with Crippen LogP contribution >= 0.6 is 0 Å². The molecule has 0 N–H and O–H groups in total. The second kappa shape index (κ2) is 5.66. The molecule has 0 aliphatic carbocycles. The van der Waals surface area contributed by atoms with Crippen LogP contribution < -0.4 is 0 Å². The first kappa shape index (κ1) is 14.2. The molecule has 0 radical (unpaired) electrons. The highest BCUT2D eigenvalue weighted by Gasteiger charge is 2.20. The minimum absolute atomic E-state index is 0.0232. The van der Waals surface area contributed by atoms with E-state index in [-0.39, 0.29) is 11.3 Å². The number of ketones is 1. The molecule has 0 bridgehead atoms. The van der Waals surface area contributed by atoms with E-state index in [1.54, 1.807) is 10.7 Å². The molecule has 2 aromatic carbocycles. The molecular formula is C18H11FN4O. The normalized spacial score (nSPS) is 10.9. The van der Waals surface area contributed by atoms with Gasteiger partial charge in [-0.2, -0.15) is 5.10 Å². The Kier molecular flexibility index (Phi) is 3.35. The van der Waals surface area contributed by atoms with Gasteiger partial charge in [0, 0.05) is 0 Å². The summed E-state index contributed by atoms with van der Waals surface area (Å²) in [6.45, 7) is 0. The van der Waals surface area contributed by atoms with Gasteiger partial charge < -0.3 is 0 Å². The molecule has 6 heteroatoms. The standard InChI is InChI=1S/C18H11FN4O/c19-15-9-5-4-8-13(15)17(24)16-14-10-22-23(18(14)21-11-20-16)12-6-2-1-3-7-12/h1-11H. The Morgan fingerprint density at radius 3 is 2.50 bits per heavy atom. The van der Waals surface area contributed by atoms with Gasteiger partial charge in [-0.1, -0.05) is 30.3 Å². The van der Waals surface area contributed by atoms with Gasteiger partial charge in [0.25, 0.3) is 0 Å². The van der Waals surface area contributed by atoms with E-state index in [2.05, 4.69) is 15.1 Å². The van der Waals surface area contributed by atoms with Gasteiger partial charge in [0.15, 0.2) is 5.65 Å². The minimum Gasteiger partial charge on any atom is -0.287 e. The highest BCUT2D eigenvalue weighted by Crippen LogP contribution is 2.21. The molecule has 0 saturated heterocycles. The largest absolute Gasteiger partial charge is 0.287 e. The SMILES string of the molecule is O=C(c1ccccc1F)c1ncnc2c1cnn2-c1ccccc1. The molecule has 0 atom stereocenters. The van der Waals surface area contributed by atoms with Crippen molar-refractivity contribution in [2.75, 3.05) is 0 Å². The molecule has 5 nitrogen and oxygen atoms in total. The van der Waals surface area contributed by atoms with Crippen molar-refractivity contribution in [3.8, 4) is 5.69 Å². The summed E-state index contributed by atoms with van der Waals surface area (Å²) in [6, 6.07) is 15.3. The molecule has 0 fully saturated rings. The Balaban J connectivity index is 1.88. The fraction of sp³-hybridized carbons (Fsp3) is 0. The lowest BCUT2D eigenvalue weighted by Gasteiger charge is -2.04. The van der Waals surface area contributed by atoms with E-state index in [1.165, 1.54) is 30.7 Å². The first-order chi connectivity index (χ1) is 11.8. The van der Waals surface area contributed by atoms with Crippen molar-refractivity contribution >= 4 is 16.8 Å². The number of para-hydroxylation sites is 1. The number of benzene rings is 2. The van der Waals surface area contributed by atoms with Crippen molar-refractivity contribution in [1.82, 2.24) is 19.7 Å². The van der Waals surface area contributed by atoms with Crippen LogP contribution in [0, 0.1) is 5.82 Å². The van der Waals surface area contributed by atoms with Crippen molar-refractivity contribution in [1.29, 1.82) is 0 Å². The van der Waals surface area contributed by atoms with Crippen LogP contribution in [0.15, 0.2) is 67.1 Å². The van der Waals surface area contributed by atoms with E-state index < -0.39 is 11.6 Å². The Morgan fingerprint density at radius 1 is 0.958 bits per heavy atom. The van der Waals surface area contributed by atoms with Crippen LogP contribution in [-0.2, 0) is 0 Å². The molecule has 116 valence electrons. The smallest absolute Gasteiger partial charge is 0.215 e. The maximum absolute atomic E-state index is 13.9. The van der Waals surface area contributed by atoms with Crippen LogP contribution in [0.5, 0.6) is 0 Å². The summed E-state index contributed by atoms with van der Waals surface area (Å²) in [7, 11) is 0. The fourth-order valence-electron chi connectivity index (χ4n) is 2.56. The lowest BCUT2D eigenvalue weighted by Crippen LogP contribution is -2.08. The number of aromatic nitrogens is 4. The minimum atomic E-state index is -0.579. The number of fused-ring (bicyclic) bond motifs is 1. The molecule has 0 amide bonds. The van der Waals surface area contributed by atoms with Crippen LogP contribution in [0.4, 0.5) is 4.39 Å². The van der Waals surface area contributed by atoms with Crippen LogP contribution in [0.2, 0.25) is 0 Å². The van der Waals surface area contributed by atoms with E-state index in [1.807, 2.05) is 30.3 Å². The average Bonchev–Trinajstić information content (AvgIpc) is 3.06. The third-order valence-corrected chi connectivity index (χ3v) is 3.70. The van der Waals surface area contributed by atoms with Crippen molar-refractivity contribution in [2.45, 2.75) is 0 Å². The predicted octanol–water partition coefficient (Wildman–Crippen LogP) is 3.19. The molecular weight excluding hydrogens is 307 g/mol. The summed E-state index contributed by atoms with van der Waals surface area (Å²) in [5.74, 6) is -1.07. The van der Waals surface area contributed by atoms with E-state index in [0.29, 0.717) is 11.0 Å². The van der Waals surface area contributed by atoms with Crippen LogP contribution in [0.3, 0.4) is 0 Å². The summed E-state index contributed by atoms with van der Waals surface area (Å²) in [6.07, 6.45) is 2.81. The lowest BCUT2D eigenvalue weighted by atomic mass is 10.1. The molecule has 4 rings (SSSR count). The maximum atomic E-state index is 13.9. The van der Waals surface area contributed by atoms with Crippen molar-refractivity contribution < 1.29 is 9.18 Å². The quantitative estimate of drug-likeness (QED) is 0.544. The third-order valence-electron chi connectivity index (χ3n) is 3.70. The van der Waals surface area contributed by atoms with E-state index >= 15 is 0 Å². The second-order valence-corrected chi connectivity index (χ2v) is 5.16. The van der Waals surface area contributed by atoms with Gasteiger partial charge in [0.1, 0.15) is 17.8 Å². The maximum Gasteiger partial charge on any atom is 0.215 e. The zero-order chi connectivity index (χ0) is 16.5.